The van der Waals surface area contributed by atoms with Crippen molar-refractivity contribution in [3.63, 3.8) is 0 Å². The summed E-state index contributed by atoms with van der Waals surface area (Å²) in [6, 6.07) is 12.5. The molecular weight excluding hydrogens is 869 g/mol. The van der Waals surface area contributed by atoms with Gasteiger partial charge in [0.25, 0.3) is 20.2 Å². The maximum atomic E-state index is 12.7. The van der Waals surface area contributed by atoms with E-state index in [0.717, 1.165) is 30.5 Å². The van der Waals surface area contributed by atoms with Crippen LogP contribution in [-0.4, -0.2) is 86.6 Å². The number of urea groups is 1. The van der Waals surface area contributed by atoms with Crippen LogP contribution in [0.15, 0.2) is 110 Å². The number of nitrogens with two attached hydrogens (primary N) is 1. The average Bonchev–Trinajstić information content (AvgIpc) is 3.13. The lowest BCUT2D eigenvalue weighted by Crippen LogP contribution is -2.36. The van der Waals surface area contributed by atoms with Crippen LogP contribution in [0.3, 0.4) is 0 Å². The molecule has 0 aliphatic carbocycles. The first-order valence-electron chi connectivity index (χ1n) is 15.7. The predicted molar refractivity (Wildman–Crippen MR) is 198 cm³/mol. The SMILES string of the molecule is NC(=O)Nc1cc(Nc2nc(Nc3cccc(S(=O)(=O)O)c3)nc(-[n+]3cccc(C(=O)[O-])c3)n2)ccc1N=Nc1ccc(S(=O)(=O)CCOS(=O)(=O)O)cc1S(=O)(=O)O. The van der Waals surface area contributed by atoms with Gasteiger partial charge in [-0.3, -0.25) is 13.7 Å². The van der Waals surface area contributed by atoms with Gasteiger partial charge in [-0.1, -0.05) is 6.07 Å². The summed E-state index contributed by atoms with van der Waals surface area (Å²) in [5.41, 5.74) is 4.36. The van der Waals surface area contributed by atoms with E-state index in [1.165, 1.54) is 53.2 Å². The first kappa shape index (κ1) is 43.5. The molecule has 2 aromatic heterocycles. The first-order chi connectivity index (χ1) is 27.5. The molecule has 59 heavy (non-hydrogen) atoms. The Hall–Kier alpha value is -6.60. The largest absolute Gasteiger partial charge is 0.545 e. The average molecular weight is 895 g/mol. The number of aromatic nitrogens is 4. The fourth-order valence-electron chi connectivity index (χ4n) is 4.69. The summed E-state index contributed by atoms with van der Waals surface area (Å²) in [7, 11) is -19.2. The zero-order valence-corrected chi connectivity index (χ0v) is 32.4. The quantitative estimate of drug-likeness (QED) is 0.0412. The Balaban J connectivity index is 1.51. The number of carboxylic acids is 1. The first-order valence-corrected chi connectivity index (χ1v) is 21.6. The Morgan fingerprint density at radius 2 is 1.41 bits per heavy atom. The number of benzene rings is 3. The summed E-state index contributed by atoms with van der Waals surface area (Å²) in [4.78, 5) is 34.1. The highest BCUT2D eigenvalue weighted by Gasteiger charge is 2.24. The Morgan fingerprint density at radius 1 is 0.763 bits per heavy atom. The molecular formula is C30H26N10O15S4. The van der Waals surface area contributed by atoms with Crippen molar-refractivity contribution < 1.29 is 70.8 Å². The van der Waals surface area contributed by atoms with Crippen molar-refractivity contribution in [1.29, 1.82) is 0 Å². The van der Waals surface area contributed by atoms with Crippen LogP contribution in [0.2, 0.25) is 0 Å². The summed E-state index contributed by atoms with van der Waals surface area (Å²) in [5, 5.41) is 27.1. The minimum absolute atomic E-state index is 0.0954. The summed E-state index contributed by atoms with van der Waals surface area (Å²) in [6.07, 6.45) is 2.53. The van der Waals surface area contributed by atoms with Crippen LogP contribution in [0.4, 0.5) is 45.1 Å². The topological polar surface area (TPSA) is 393 Å². The third-order valence-electron chi connectivity index (χ3n) is 7.21. The van der Waals surface area contributed by atoms with Crippen LogP contribution >= 0.6 is 0 Å². The van der Waals surface area contributed by atoms with Gasteiger partial charge in [0.05, 0.1) is 46.2 Å². The minimum atomic E-state index is -5.18. The zero-order chi connectivity index (χ0) is 43.3. The fraction of sp³-hybridized carbons (Fsp3) is 0.0667. The number of azo groups is 1. The molecule has 0 saturated carbocycles. The van der Waals surface area contributed by atoms with E-state index in [-0.39, 0.29) is 46.2 Å². The summed E-state index contributed by atoms with van der Waals surface area (Å²) in [5.74, 6) is -3.17. The van der Waals surface area contributed by atoms with Crippen molar-refractivity contribution in [2.45, 2.75) is 14.7 Å². The number of sulfone groups is 1. The predicted octanol–water partition coefficient (Wildman–Crippen LogP) is 0.992. The molecule has 0 spiro atoms. The molecule has 5 rings (SSSR count). The third-order valence-corrected chi connectivity index (χ3v) is 11.1. The van der Waals surface area contributed by atoms with Gasteiger partial charge in [0.15, 0.2) is 9.84 Å². The number of pyridine rings is 1. The lowest BCUT2D eigenvalue weighted by Gasteiger charge is -2.10. The maximum Gasteiger partial charge on any atom is 0.444 e. The molecule has 0 unspecified atom stereocenters. The summed E-state index contributed by atoms with van der Waals surface area (Å²) >= 11 is 0. The fourth-order valence-corrected chi connectivity index (χ4v) is 7.45. The number of aromatic carboxylic acids is 1. The number of nitrogens with zero attached hydrogens (tertiary/aromatic N) is 6. The zero-order valence-electron chi connectivity index (χ0n) is 29.1. The second-order valence-electron chi connectivity index (χ2n) is 11.4. The lowest BCUT2D eigenvalue weighted by molar-refractivity contribution is -0.603. The van der Waals surface area contributed by atoms with Crippen LogP contribution in [0, 0.1) is 0 Å². The minimum Gasteiger partial charge on any atom is -0.545 e. The van der Waals surface area contributed by atoms with Gasteiger partial charge >= 0.3 is 34.3 Å². The molecule has 0 aliphatic heterocycles. The van der Waals surface area contributed by atoms with Crippen molar-refractivity contribution in [3.8, 4) is 5.95 Å². The number of anilines is 5. The van der Waals surface area contributed by atoms with Crippen LogP contribution in [0.5, 0.6) is 0 Å². The van der Waals surface area contributed by atoms with Crippen molar-refractivity contribution in [2.75, 3.05) is 28.3 Å². The van der Waals surface area contributed by atoms with E-state index in [4.69, 9.17) is 10.3 Å². The number of carbonyl (C=O) groups excluding carboxylic acids is 2. The number of primary amides is 1. The molecule has 0 saturated heterocycles. The van der Waals surface area contributed by atoms with Crippen LogP contribution in [0.1, 0.15) is 10.4 Å². The molecule has 8 N–H and O–H groups in total. The normalized spacial score (nSPS) is 12.3. The number of carboxylic acid groups (broad SMARTS) is 1. The van der Waals surface area contributed by atoms with Crippen molar-refractivity contribution in [2.24, 2.45) is 16.0 Å². The van der Waals surface area contributed by atoms with Crippen molar-refractivity contribution in [3.05, 3.63) is 90.8 Å². The smallest absolute Gasteiger partial charge is 0.444 e. The molecule has 310 valence electrons. The Morgan fingerprint density at radius 3 is 2.02 bits per heavy atom. The Bertz CT molecular complexity index is 2970. The Kier molecular flexibility index (Phi) is 12.6. The van der Waals surface area contributed by atoms with E-state index < -0.39 is 85.2 Å². The standard InChI is InChI=1S/C30H26N10O15S4/c31-27(43)34-24-14-19(6-8-22(24)38-39-23-9-7-20(15-25(23)58(49,50)51)56(44,45)12-11-55-59(52,53)54)33-29-35-28(32-18-4-1-5-21(13-18)57(46,47)48)36-30(37-29)40-10-2-3-17(16-40)26(41)42/h1-10,13-16H,11-12H2,(H8-,31,32,33,34,35,36,37,39,41,42,43,46,47,48,49,50,51,52,53,54). The van der Waals surface area contributed by atoms with E-state index in [0.29, 0.717) is 6.07 Å². The molecule has 0 fully saturated rings. The van der Waals surface area contributed by atoms with Crippen LogP contribution in [0.25, 0.3) is 5.95 Å². The number of carbonyl (C=O) groups is 2. The van der Waals surface area contributed by atoms with Gasteiger partial charge in [0.1, 0.15) is 16.3 Å². The van der Waals surface area contributed by atoms with Crippen molar-refractivity contribution in [1.82, 2.24) is 15.0 Å². The third kappa shape index (κ3) is 12.0. The van der Waals surface area contributed by atoms with Gasteiger partial charge in [-0.15, -0.1) is 15.2 Å². The number of hydrogen-bond donors (Lipinski definition) is 7. The van der Waals surface area contributed by atoms with Gasteiger partial charge in [-0.2, -0.15) is 25.3 Å². The summed E-state index contributed by atoms with van der Waals surface area (Å²) < 4.78 is 128. The van der Waals surface area contributed by atoms with E-state index >= 15 is 0 Å². The number of hydrogen-bond acceptors (Lipinski definition) is 19. The maximum absolute atomic E-state index is 12.7. The highest BCUT2D eigenvalue weighted by Crippen LogP contribution is 2.34. The van der Waals surface area contributed by atoms with Gasteiger partial charge in [0.2, 0.25) is 0 Å². The monoisotopic (exact) mass is 894 g/mol. The molecule has 2 amide bonds. The van der Waals surface area contributed by atoms with Gasteiger partial charge < -0.3 is 31.6 Å². The lowest BCUT2D eigenvalue weighted by atomic mass is 10.2. The number of rotatable bonds is 16. The molecule has 0 bridgehead atoms. The highest BCUT2D eigenvalue weighted by atomic mass is 32.3. The second-order valence-corrected chi connectivity index (χ2v) is 17.4. The van der Waals surface area contributed by atoms with Gasteiger partial charge in [-0.05, 0) is 76.7 Å². The molecule has 0 atom stereocenters. The van der Waals surface area contributed by atoms with Crippen molar-refractivity contribution >= 4 is 92.8 Å². The molecule has 25 nitrogen and oxygen atoms in total. The van der Waals surface area contributed by atoms with Gasteiger partial charge in [-0.25, -0.2) is 22.0 Å². The number of amides is 2. The van der Waals surface area contributed by atoms with Crippen LogP contribution in [-0.2, 0) is 44.7 Å². The van der Waals surface area contributed by atoms with E-state index in [1.807, 2.05) is 0 Å². The van der Waals surface area contributed by atoms with E-state index in [2.05, 4.69) is 45.3 Å². The number of nitrogens with one attached hydrogen (secondary N) is 3. The molecule has 0 radical (unpaired) electrons. The van der Waals surface area contributed by atoms with E-state index in [9.17, 15) is 57.5 Å². The molecule has 3 aromatic carbocycles. The molecule has 5 aromatic rings. The van der Waals surface area contributed by atoms with E-state index in [1.54, 1.807) is 0 Å². The molecule has 2 heterocycles. The van der Waals surface area contributed by atoms with Crippen LogP contribution < -0.4 is 31.4 Å². The second kappa shape index (κ2) is 17.1. The molecule has 29 heteroatoms. The highest BCUT2D eigenvalue weighted by molar-refractivity contribution is 7.91. The summed E-state index contributed by atoms with van der Waals surface area (Å²) in [6.45, 7) is -1.03. The Labute approximate surface area is 333 Å². The van der Waals surface area contributed by atoms with Gasteiger partial charge in [0, 0.05) is 16.9 Å². The molecule has 0 aliphatic rings.